The van der Waals surface area contributed by atoms with Crippen LogP contribution in [0.5, 0.6) is 0 Å². The number of carbonyl (C=O) groups excluding carboxylic acids is 1. The maximum Gasteiger partial charge on any atom is 0.335 e. The second-order valence-electron chi connectivity index (χ2n) is 5.39. The van der Waals surface area contributed by atoms with Gasteiger partial charge in [-0.25, -0.2) is 4.79 Å². The number of hydrogen-bond donors (Lipinski definition) is 0. The van der Waals surface area contributed by atoms with Crippen molar-refractivity contribution in [3.05, 3.63) is 41.5 Å². The summed E-state index contributed by atoms with van der Waals surface area (Å²) in [5.74, 6) is -0.230. The normalized spacial score (nSPS) is 20.7. The Balaban J connectivity index is 2.15. The van der Waals surface area contributed by atoms with Crippen LogP contribution in [0, 0.1) is 0 Å². The van der Waals surface area contributed by atoms with Crippen LogP contribution in [-0.4, -0.2) is 37.1 Å². The minimum absolute atomic E-state index is 0.230. The first kappa shape index (κ1) is 14.8. The zero-order valence-electron chi connectivity index (χ0n) is 12.3. The molecule has 0 amide bonds. The van der Waals surface area contributed by atoms with Gasteiger partial charge < -0.3 is 4.74 Å². The van der Waals surface area contributed by atoms with E-state index in [9.17, 15) is 4.79 Å². The molecule has 1 fully saturated rings. The van der Waals surface area contributed by atoms with Crippen molar-refractivity contribution in [3.8, 4) is 0 Å². The van der Waals surface area contributed by atoms with E-state index in [0.29, 0.717) is 12.6 Å². The van der Waals surface area contributed by atoms with Gasteiger partial charge in [-0.1, -0.05) is 36.8 Å². The molecule has 0 N–H and O–H groups in total. The summed E-state index contributed by atoms with van der Waals surface area (Å²) in [6, 6.07) is 10.5. The molecule has 0 aliphatic carbocycles. The topological polar surface area (TPSA) is 29.5 Å². The van der Waals surface area contributed by atoms with Crippen LogP contribution in [0.1, 0.15) is 31.7 Å². The molecule has 1 aromatic carbocycles. The Hall–Kier alpha value is -1.61. The van der Waals surface area contributed by atoms with E-state index in [1.807, 2.05) is 36.4 Å². The van der Waals surface area contributed by atoms with E-state index < -0.39 is 0 Å². The van der Waals surface area contributed by atoms with E-state index in [0.717, 1.165) is 17.7 Å². The number of nitrogens with zero attached hydrogens (tertiary/aromatic N) is 1. The highest BCUT2D eigenvalue weighted by molar-refractivity contribution is 5.94. The molecular formula is C17H23NO2. The lowest BCUT2D eigenvalue weighted by molar-refractivity contribution is -0.136. The number of ether oxygens (including phenoxy) is 1. The molecule has 2 rings (SSSR count). The van der Waals surface area contributed by atoms with Gasteiger partial charge in [-0.15, -0.1) is 0 Å². The number of esters is 1. The van der Waals surface area contributed by atoms with Crippen molar-refractivity contribution < 1.29 is 9.53 Å². The Morgan fingerprint density at radius 2 is 2.10 bits per heavy atom. The average molecular weight is 273 g/mol. The highest BCUT2D eigenvalue weighted by atomic mass is 16.5. The number of carbonyl (C=O) groups is 1. The summed E-state index contributed by atoms with van der Waals surface area (Å²) >= 11 is 0. The number of methoxy groups -OCH3 is 1. The predicted octanol–water partition coefficient (Wildman–Crippen LogP) is 3.12. The fourth-order valence-electron chi connectivity index (χ4n) is 2.66. The molecule has 0 spiro atoms. The zero-order valence-corrected chi connectivity index (χ0v) is 12.3. The van der Waals surface area contributed by atoms with E-state index in [4.69, 9.17) is 4.74 Å². The lowest BCUT2D eigenvalue weighted by atomic mass is 10.0. The van der Waals surface area contributed by atoms with Crippen LogP contribution in [0.25, 0.3) is 6.08 Å². The number of rotatable bonds is 4. The molecule has 20 heavy (non-hydrogen) atoms. The van der Waals surface area contributed by atoms with Gasteiger partial charge in [0.1, 0.15) is 0 Å². The SMILES string of the molecule is COC(=O)/C(=C/c1ccccc1)CN1CCCC[C@@H]1C. The van der Waals surface area contributed by atoms with E-state index in [-0.39, 0.29) is 5.97 Å². The highest BCUT2D eigenvalue weighted by Crippen LogP contribution is 2.19. The van der Waals surface area contributed by atoms with Gasteiger partial charge in [0.15, 0.2) is 0 Å². The van der Waals surface area contributed by atoms with Crippen LogP contribution >= 0.6 is 0 Å². The zero-order chi connectivity index (χ0) is 14.4. The molecule has 1 aromatic rings. The van der Waals surface area contributed by atoms with E-state index in [2.05, 4.69) is 11.8 Å². The van der Waals surface area contributed by atoms with Crippen molar-refractivity contribution in [1.82, 2.24) is 4.90 Å². The average Bonchev–Trinajstić information content (AvgIpc) is 2.49. The number of piperidine rings is 1. The smallest absolute Gasteiger partial charge is 0.335 e. The second kappa shape index (κ2) is 7.25. The lowest BCUT2D eigenvalue weighted by Gasteiger charge is -2.33. The van der Waals surface area contributed by atoms with Crippen molar-refractivity contribution in [2.75, 3.05) is 20.2 Å². The summed E-state index contributed by atoms with van der Waals surface area (Å²) in [6.45, 7) is 3.96. The van der Waals surface area contributed by atoms with Crippen LogP contribution in [0.4, 0.5) is 0 Å². The van der Waals surface area contributed by atoms with E-state index in [1.54, 1.807) is 0 Å². The van der Waals surface area contributed by atoms with Crippen molar-refractivity contribution in [3.63, 3.8) is 0 Å². The van der Waals surface area contributed by atoms with Crippen molar-refractivity contribution in [2.45, 2.75) is 32.2 Å². The van der Waals surface area contributed by atoms with Crippen LogP contribution in [-0.2, 0) is 9.53 Å². The summed E-state index contributed by atoms with van der Waals surface area (Å²) in [4.78, 5) is 14.3. The van der Waals surface area contributed by atoms with Crippen molar-refractivity contribution in [1.29, 1.82) is 0 Å². The molecular weight excluding hydrogens is 250 g/mol. The molecule has 1 aliphatic heterocycles. The van der Waals surface area contributed by atoms with Crippen LogP contribution in [0.15, 0.2) is 35.9 Å². The Morgan fingerprint density at radius 1 is 1.35 bits per heavy atom. The molecule has 1 heterocycles. The van der Waals surface area contributed by atoms with Crippen molar-refractivity contribution in [2.24, 2.45) is 0 Å². The van der Waals surface area contributed by atoms with Gasteiger partial charge in [0.25, 0.3) is 0 Å². The third-order valence-corrected chi connectivity index (χ3v) is 3.90. The minimum atomic E-state index is -0.230. The minimum Gasteiger partial charge on any atom is -0.466 e. The van der Waals surface area contributed by atoms with Gasteiger partial charge in [0, 0.05) is 12.6 Å². The summed E-state index contributed by atoms with van der Waals surface area (Å²) in [7, 11) is 1.45. The Kier molecular flexibility index (Phi) is 5.36. The molecule has 0 aromatic heterocycles. The summed E-state index contributed by atoms with van der Waals surface area (Å²) < 4.78 is 4.93. The molecule has 0 bridgehead atoms. The molecule has 0 radical (unpaired) electrons. The highest BCUT2D eigenvalue weighted by Gasteiger charge is 2.21. The second-order valence-corrected chi connectivity index (χ2v) is 5.39. The van der Waals surface area contributed by atoms with Gasteiger partial charge in [0.2, 0.25) is 0 Å². The third kappa shape index (κ3) is 3.94. The summed E-state index contributed by atoms with van der Waals surface area (Å²) in [5, 5.41) is 0. The van der Waals surface area contributed by atoms with E-state index >= 15 is 0 Å². The molecule has 1 atom stereocenters. The Morgan fingerprint density at radius 3 is 2.75 bits per heavy atom. The fraction of sp³-hybridized carbons (Fsp3) is 0.471. The quantitative estimate of drug-likeness (QED) is 0.623. The van der Waals surface area contributed by atoms with Gasteiger partial charge in [-0.3, -0.25) is 4.90 Å². The first-order valence-electron chi connectivity index (χ1n) is 7.28. The molecule has 3 nitrogen and oxygen atoms in total. The Bertz CT molecular complexity index is 467. The van der Waals surface area contributed by atoms with Crippen LogP contribution in [0.2, 0.25) is 0 Å². The molecule has 0 saturated carbocycles. The van der Waals surface area contributed by atoms with Crippen LogP contribution in [0.3, 0.4) is 0 Å². The fourth-order valence-corrected chi connectivity index (χ4v) is 2.66. The van der Waals surface area contributed by atoms with Gasteiger partial charge in [-0.05, 0) is 37.9 Å². The molecule has 3 heteroatoms. The molecule has 1 aliphatic rings. The standard InChI is InChI=1S/C17H23NO2/c1-14-8-6-7-11-18(14)13-16(17(19)20-2)12-15-9-4-3-5-10-15/h3-5,9-10,12,14H,6-8,11,13H2,1-2H3/b16-12+/t14-/m0/s1. The largest absolute Gasteiger partial charge is 0.466 e. The maximum atomic E-state index is 12.0. The Labute approximate surface area is 121 Å². The number of likely N-dealkylation sites (tertiary alicyclic amines) is 1. The summed E-state index contributed by atoms with van der Waals surface area (Å²) in [5.41, 5.74) is 1.77. The first-order valence-corrected chi connectivity index (χ1v) is 7.28. The number of hydrogen-bond acceptors (Lipinski definition) is 3. The molecule has 1 saturated heterocycles. The predicted molar refractivity (Wildman–Crippen MR) is 81.3 cm³/mol. The lowest BCUT2D eigenvalue weighted by Crippen LogP contribution is -2.39. The third-order valence-electron chi connectivity index (χ3n) is 3.90. The van der Waals surface area contributed by atoms with Crippen molar-refractivity contribution >= 4 is 12.0 Å². The number of benzene rings is 1. The monoisotopic (exact) mass is 273 g/mol. The maximum absolute atomic E-state index is 12.0. The van der Waals surface area contributed by atoms with Gasteiger partial charge in [0.05, 0.1) is 12.7 Å². The first-order chi connectivity index (χ1) is 9.70. The van der Waals surface area contributed by atoms with Crippen LogP contribution < -0.4 is 0 Å². The van der Waals surface area contributed by atoms with Gasteiger partial charge >= 0.3 is 5.97 Å². The molecule has 0 unspecified atom stereocenters. The van der Waals surface area contributed by atoms with E-state index in [1.165, 1.54) is 26.4 Å². The van der Waals surface area contributed by atoms with Gasteiger partial charge in [-0.2, -0.15) is 0 Å². The summed E-state index contributed by atoms with van der Waals surface area (Å²) in [6.07, 6.45) is 5.64. The molecule has 108 valence electrons.